The van der Waals surface area contributed by atoms with Gasteiger partial charge in [-0.1, -0.05) is 19.3 Å². The summed E-state index contributed by atoms with van der Waals surface area (Å²) in [6, 6.07) is 0. The lowest BCUT2D eigenvalue weighted by atomic mass is 10.1. The van der Waals surface area contributed by atoms with Crippen LogP contribution in [0.15, 0.2) is 0 Å². The van der Waals surface area contributed by atoms with Crippen LogP contribution in [-0.4, -0.2) is 41.8 Å². The number of nitrogens with zero attached hydrogens (tertiary/aromatic N) is 1. The van der Waals surface area contributed by atoms with Gasteiger partial charge < -0.3 is 14.7 Å². The van der Waals surface area contributed by atoms with Crippen LogP contribution in [0.25, 0.3) is 0 Å². The number of hydrogen-bond donors (Lipinski definition) is 1. The summed E-state index contributed by atoms with van der Waals surface area (Å²) in [7, 11) is 0. The van der Waals surface area contributed by atoms with Gasteiger partial charge in [0, 0.05) is 13.0 Å². The monoisotopic (exact) mass is 229 g/mol. The first-order valence-corrected chi connectivity index (χ1v) is 5.83. The zero-order valence-corrected chi connectivity index (χ0v) is 9.48. The summed E-state index contributed by atoms with van der Waals surface area (Å²) >= 11 is 0. The summed E-state index contributed by atoms with van der Waals surface area (Å²) in [5.74, 6) is -0.722. The molecule has 1 aliphatic heterocycles. The number of rotatable bonds is 8. The van der Waals surface area contributed by atoms with Crippen molar-refractivity contribution in [3.8, 4) is 0 Å². The second-order valence-electron chi connectivity index (χ2n) is 4.01. The van der Waals surface area contributed by atoms with Gasteiger partial charge in [-0.05, 0) is 12.8 Å². The molecule has 92 valence electrons. The fraction of sp³-hybridized carbons (Fsp3) is 0.818. The number of carboxylic acids is 1. The average Bonchev–Trinajstić information content (AvgIpc) is 2.62. The lowest BCUT2D eigenvalue weighted by Crippen LogP contribution is -2.25. The first-order valence-electron chi connectivity index (χ1n) is 5.83. The van der Waals surface area contributed by atoms with E-state index < -0.39 is 5.97 Å². The Labute approximate surface area is 95.4 Å². The molecule has 0 aliphatic carbocycles. The molecule has 0 aromatic rings. The van der Waals surface area contributed by atoms with Crippen molar-refractivity contribution in [1.82, 2.24) is 4.90 Å². The molecule has 0 bridgehead atoms. The van der Waals surface area contributed by atoms with Gasteiger partial charge in [0.1, 0.15) is 6.61 Å². The van der Waals surface area contributed by atoms with E-state index in [1.807, 2.05) is 0 Å². The Morgan fingerprint density at radius 3 is 2.56 bits per heavy atom. The fourth-order valence-corrected chi connectivity index (χ4v) is 1.74. The summed E-state index contributed by atoms with van der Waals surface area (Å²) in [6.07, 6.45) is 4.82. The molecule has 0 atom stereocenters. The van der Waals surface area contributed by atoms with Crippen molar-refractivity contribution in [2.75, 3.05) is 19.7 Å². The Bertz CT molecular complexity index is 242. The molecule has 5 heteroatoms. The fourth-order valence-electron chi connectivity index (χ4n) is 1.74. The normalized spacial score (nSPS) is 15.2. The van der Waals surface area contributed by atoms with Gasteiger partial charge >= 0.3 is 12.1 Å². The van der Waals surface area contributed by atoms with Crippen molar-refractivity contribution >= 4 is 12.1 Å². The van der Waals surface area contributed by atoms with Crippen LogP contribution in [0, 0.1) is 0 Å². The van der Waals surface area contributed by atoms with Crippen LogP contribution in [0.4, 0.5) is 4.79 Å². The van der Waals surface area contributed by atoms with Crippen molar-refractivity contribution in [3.63, 3.8) is 0 Å². The number of carbonyl (C=O) groups is 2. The van der Waals surface area contributed by atoms with E-state index in [0.29, 0.717) is 13.2 Å². The standard InChI is InChI=1S/C11H19NO4/c13-10(14)6-4-2-1-3-5-7-12-8-9-16-11(12)15/h1-9H2,(H,13,14). The molecular weight excluding hydrogens is 210 g/mol. The van der Waals surface area contributed by atoms with Gasteiger partial charge in [0.25, 0.3) is 0 Å². The molecule has 0 aromatic heterocycles. The number of aliphatic carboxylic acids is 1. The first-order chi connectivity index (χ1) is 7.70. The molecule has 5 nitrogen and oxygen atoms in total. The minimum absolute atomic E-state index is 0.203. The number of amides is 1. The van der Waals surface area contributed by atoms with Crippen molar-refractivity contribution in [1.29, 1.82) is 0 Å². The number of ether oxygens (including phenoxy) is 1. The van der Waals surface area contributed by atoms with Gasteiger partial charge in [0.05, 0.1) is 6.54 Å². The Hall–Kier alpha value is -1.26. The van der Waals surface area contributed by atoms with Crippen LogP contribution in [0.1, 0.15) is 38.5 Å². The number of cyclic esters (lactones) is 1. The Kier molecular flexibility index (Phi) is 5.67. The Morgan fingerprint density at radius 2 is 1.94 bits per heavy atom. The third-order valence-electron chi connectivity index (χ3n) is 2.66. The zero-order chi connectivity index (χ0) is 11.8. The van der Waals surface area contributed by atoms with Crippen molar-refractivity contribution in [3.05, 3.63) is 0 Å². The maximum atomic E-state index is 11.1. The molecule has 1 fully saturated rings. The molecule has 0 unspecified atom stereocenters. The molecule has 1 heterocycles. The van der Waals surface area contributed by atoms with Gasteiger partial charge in [-0.15, -0.1) is 0 Å². The highest BCUT2D eigenvalue weighted by Gasteiger charge is 2.20. The molecule has 0 spiro atoms. The second kappa shape index (κ2) is 7.09. The van der Waals surface area contributed by atoms with E-state index >= 15 is 0 Å². The van der Waals surface area contributed by atoms with E-state index in [9.17, 15) is 9.59 Å². The minimum atomic E-state index is -0.722. The molecule has 0 saturated carbocycles. The highest BCUT2D eigenvalue weighted by atomic mass is 16.6. The molecule has 1 saturated heterocycles. The van der Waals surface area contributed by atoms with Crippen LogP contribution in [0.3, 0.4) is 0 Å². The third kappa shape index (κ3) is 5.00. The number of hydrogen-bond acceptors (Lipinski definition) is 3. The minimum Gasteiger partial charge on any atom is -0.481 e. The predicted molar refractivity (Wildman–Crippen MR) is 58.3 cm³/mol. The summed E-state index contributed by atoms with van der Waals surface area (Å²) in [4.78, 5) is 23.0. The van der Waals surface area contributed by atoms with Crippen molar-refractivity contribution < 1.29 is 19.4 Å². The molecule has 1 rings (SSSR count). The van der Waals surface area contributed by atoms with Crippen LogP contribution in [0.5, 0.6) is 0 Å². The van der Waals surface area contributed by atoms with Crippen molar-refractivity contribution in [2.45, 2.75) is 38.5 Å². The van der Waals surface area contributed by atoms with E-state index in [1.165, 1.54) is 0 Å². The van der Waals surface area contributed by atoms with Gasteiger partial charge in [0.2, 0.25) is 0 Å². The molecule has 1 amide bonds. The van der Waals surface area contributed by atoms with Crippen LogP contribution >= 0.6 is 0 Å². The van der Waals surface area contributed by atoms with E-state index in [0.717, 1.165) is 38.6 Å². The third-order valence-corrected chi connectivity index (χ3v) is 2.66. The smallest absolute Gasteiger partial charge is 0.409 e. The average molecular weight is 229 g/mol. The van der Waals surface area contributed by atoms with Gasteiger partial charge in [-0.2, -0.15) is 0 Å². The van der Waals surface area contributed by atoms with Crippen molar-refractivity contribution in [2.24, 2.45) is 0 Å². The molecule has 0 aromatic carbocycles. The number of carbonyl (C=O) groups excluding carboxylic acids is 1. The number of unbranched alkanes of at least 4 members (excludes halogenated alkanes) is 4. The zero-order valence-electron chi connectivity index (χ0n) is 9.48. The maximum Gasteiger partial charge on any atom is 0.409 e. The molecule has 16 heavy (non-hydrogen) atoms. The lowest BCUT2D eigenvalue weighted by Gasteiger charge is -2.11. The number of carboxylic acid groups (broad SMARTS) is 1. The van der Waals surface area contributed by atoms with E-state index in [4.69, 9.17) is 9.84 Å². The molecule has 0 radical (unpaired) electrons. The summed E-state index contributed by atoms with van der Waals surface area (Å²) in [6.45, 7) is 1.98. The SMILES string of the molecule is O=C(O)CCCCCCCN1CCOC1=O. The lowest BCUT2D eigenvalue weighted by molar-refractivity contribution is -0.137. The highest BCUT2D eigenvalue weighted by molar-refractivity contribution is 5.69. The van der Waals surface area contributed by atoms with E-state index in [2.05, 4.69) is 0 Å². The Balaban J connectivity index is 1.88. The van der Waals surface area contributed by atoms with Crippen LogP contribution < -0.4 is 0 Å². The van der Waals surface area contributed by atoms with E-state index in [-0.39, 0.29) is 12.5 Å². The van der Waals surface area contributed by atoms with Crippen LogP contribution in [-0.2, 0) is 9.53 Å². The molecular formula is C11H19NO4. The van der Waals surface area contributed by atoms with Crippen LogP contribution in [0.2, 0.25) is 0 Å². The molecule has 1 aliphatic rings. The first kappa shape index (κ1) is 12.8. The second-order valence-corrected chi connectivity index (χ2v) is 4.01. The van der Waals surface area contributed by atoms with Gasteiger partial charge in [0.15, 0.2) is 0 Å². The van der Waals surface area contributed by atoms with Gasteiger partial charge in [-0.3, -0.25) is 4.79 Å². The van der Waals surface area contributed by atoms with Gasteiger partial charge in [-0.25, -0.2) is 4.79 Å². The summed E-state index contributed by atoms with van der Waals surface area (Å²) < 4.78 is 4.81. The topological polar surface area (TPSA) is 66.8 Å². The highest BCUT2D eigenvalue weighted by Crippen LogP contribution is 2.09. The summed E-state index contributed by atoms with van der Waals surface area (Å²) in [5.41, 5.74) is 0. The maximum absolute atomic E-state index is 11.1. The Morgan fingerprint density at radius 1 is 1.25 bits per heavy atom. The van der Waals surface area contributed by atoms with E-state index in [1.54, 1.807) is 4.90 Å². The quantitative estimate of drug-likeness (QED) is 0.645. The largest absolute Gasteiger partial charge is 0.481 e. The summed E-state index contributed by atoms with van der Waals surface area (Å²) in [5, 5.41) is 8.43. The molecule has 1 N–H and O–H groups in total. The predicted octanol–water partition coefficient (Wildman–Crippen LogP) is 1.86.